The Hall–Kier alpha value is -2.49. The molecule has 3 aromatic rings. The van der Waals surface area contributed by atoms with Crippen molar-refractivity contribution < 1.29 is 0 Å². The lowest BCUT2D eigenvalue weighted by Crippen LogP contribution is -2.31. The summed E-state index contributed by atoms with van der Waals surface area (Å²) < 4.78 is 0. The molecule has 0 bridgehead atoms. The number of halogens is 1. The second-order valence-corrected chi connectivity index (χ2v) is 9.26. The van der Waals surface area contributed by atoms with Crippen LogP contribution < -0.4 is 0 Å². The van der Waals surface area contributed by atoms with E-state index in [-0.39, 0.29) is 0 Å². The molecule has 3 heterocycles. The highest BCUT2D eigenvalue weighted by Crippen LogP contribution is 2.38. The Bertz CT molecular complexity index is 1150. The van der Waals surface area contributed by atoms with E-state index in [9.17, 15) is 0 Å². The minimum Gasteiger partial charge on any atom is -0.298 e. The average Bonchev–Trinajstić information content (AvgIpc) is 2.93. The second-order valence-electron chi connectivity index (χ2n) is 8.82. The van der Waals surface area contributed by atoms with E-state index >= 15 is 0 Å². The molecule has 158 valence electrons. The van der Waals surface area contributed by atoms with Crippen molar-refractivity contribution in [2.45, 2.75) is 46.1 Å². The molecule has 4 heteroatoms. The van der Waals surface area contributed by atoms with Gasteiger partial charge in [-0.1, -0.05) is 35.4 Å². The van der Waals surface area contributed by atoms with Gasteiger partial charge >= 0.3 is 0 Å². The molecular formula is C27H28ClN3. The zero-order chi connectivity index (χ0) is 21.4. The molecule has 0 radical (unpaired) electrons. The second kappa shape index (κ2) is 8.57. The lowest BCUT2D eigenvalue weighted by atomic mass is 9.88. The Morgan fingerprint density at radius 3 is 2.58 bits per heavy atom. The number of aryl methyl sites for hydroxylation is 4. The summed E-state index contributed by atoms with van der Waals surface area (Å²) in [5, 5.41) is 0.818. The minimum atomic E-state index is 0.818. The summed E-state index contributed by atoms with van der Waals surface area (Å²) in [5.74, 6) is 0. The van der Waals surface area contributed by atoms with Crippen LogP contribution in [0.15, 0.2) is 54.4 Å². The van der Waals surface area contributed by atoms with Crippen LogP contribution >= 0.6 is 11.6 Å². The minimum absolute atomic E-state index is 0.818. The van der Waals surface area contributed by atoms with Gasteiger partial charge in [-0.2, -0.15) is 0 Å². The maximum atomic E-state index is 6.35. The lowest BCUT2D eigenvalue weighted by molar-refractivity contribution is 0.248. The quantitative estimate of drug-likeness (QED) is 0.504. The van der Waals surface area contributed by atoms with Gasteiger partial charge in [-0.25, -0.2) is 0 Å². The Morgan fingerprint density at radius 2 is 1.74 bits per heavy atom. The summed E-state index contributed by atoms with van der Waals surface area (Å²) in [6.07, 6.45) is 8.06. The molecule has 1 aliphatic heterocycles. The smallest absolute Gasteiger partial charge is 0.0739 e. The number of nitrogens with zero attached hydrogens (tertiary/aromatic N) is 3. The van der Waals surface area contributed by atoms with Crippen LogP contribution in [-0.4, -0.2) is 28.0 Å². The molecule has 0 amide bonds. The fourth-order valence-electron chi connectivity index (χ4n) is 4.96. The van der Waals surface area contributed by atoms with Gasteiger partial charge in [0.1, 0.15) is 0 Å². The molecule has 0 spiro atoms. The monoisotopic (exact) mass is 429 g/mol. The number of aromatic nitrogens is 2. The van der Waals surface area contributed by atoms with Crippen molar-refractivity contribution in [3.8, 4) is 0 Å². The van der Waals surface area contributed by atoms with Crippen LogP contribution in [0, 0.1) is 13.8 Å². The molecule has 0 atom stereocenters. The molecule has 3 nitrogen and oxygen atoms in total. The summed E-state index contributed by atoms with van der Waals surface area (Å²) in [7, 11) is 0. The third-order valence-electron chi connectivity index (χ3n) is 6.66. The summed E-state index contributed by atoms with van der Waals surface area (Å²) in [6.45, 7) is 7.34. The van der Waals surface area contributed by atoms with E-state index < -0.39 is 0 Å². The Balaban J connectivity index is 1.47. The van der Waals surface area contributed by atoms with Crippen molar-refractivity contribution in [1.29, 1.82) is 0 Å². The molecule has 1 saturated heterocycles. The van der Waals surface area contributed by atoms with Crippen LogP contribution in [0.4, 0.5) is 0 Å². The number of pyridine rings is 2. The summed E-state index contributed by atoms with van der Waals surface area (Å²) in [5.41, 5.74) is 11.8. The zero-order valence-electron chi connectivity index (χ0n) is 18.3. The maximum Gasteiger partial charge on any atom is 0.0739 e. The number of hydrogen-bond donors (Lipinski definition) is 0. The Morgan fingerprint density at radius 1 is 0.935 bits per heavy atom. The largest absolute Gasteiger partial charge is 0.298 e. The third kappa shape index (κ3) is 4.17. The van der Waals surface area contributed by atoms with Crippen LogP contribution in [0.5, 0.6) is 0 Å². The molecule has 1 aliphatic carbocycles. The van der Waals surface area contributed by atoms with Gasteiger partial charge < -0.3 is 0 Å². The highest BCUT2D eigenvalue weighted by molar-refractivity contribution is 6.30. The van der Waals surface area contributed by atoms with Gasteiger partial charge in [0.05, 0.1) is 5.69 Å². The van der Waals surface area contributed by atoms with Gasteiger partial charge in [-0.15, -0.1) is 0 Å². The van der Waals surface area contributed by atoms with E-state index in [2.05, 4.69) is 54.1 Å². The summed E-state index contributed by atoms with van der Waals surface area (Å²) in [6, 6.07) is 13.0. The Labute approximate surface area is 189 Å². The topological polar surface area (TPSA) is 29.0 Å². The first-order valence-corrected chi connectivity index (χ1v) is 11.6. The summed E-state index contributed by atoms with van der Waals surface area (Å²) >= 11 is 6.35. The van der Waals surface area contributed by atoms with Crippen LogP contribution in [-0.2, 0) is 19.4 Å². The normalized spacial score (nSPS) is 16.6. The molecule has 5 rings (SSSR count). The molecule has 2 aromatic heterocycles. The fraction of sp³-hybridized carbons (Fsp3) is 0.333. The van der Waals surface area contributed by atoms with Crippen LogP contribution in [0.3, 0.4) is 0 Å². The van der Waals surface area contributed by atoms with Crippen molar-refractivity contribution in [2.75, 3.05) is 13.1 Å². The van der Waals surface area contributed by atoms with Gasteiger partial charge in [0.25, 0.3) is 0 Å². The van der Waals surface area contributed by atoms with Gasteiger partial charge in [0.2, 0.25) is 0 Å². The fourth-order valence-corrected chi connectivity index (χ4v) is 5.16. The highest BCUT2D eigenvalue weighted by atomic mass is 35.5. The lowest BCUT2D eigenvalue weighted by Gasteiger charge is -2.30. The average molecular weight is 430 g/mol. The van der Waals surface area contributed by atoms with Gasteiger partial charge in [0, 0.05) is 48.3 Å². The van der Waals surface area contributed by atoms with E-state index in [0.717, 1.165) is 56.0 Å². The van der Waals surface area contributed by atoms with E-state index in [1.807, 2.05) is 18.5 Å². The number of rotatable bonds is 2. The SMILES string of the molecule is Cc1cnc(C)c(CN2CCC(=C3c4ccc(Cl)cc4CCc4cccnc43)CC2)c1. The van der Waals surface area contributed by atoms with Crippen LogP contribution in [0.1, 0.15) is 52.0 Å². The number of fused-ring (bicyclic) bond motifs is 2. The van der Waals surface area contributed by atoms with Crippen molar-refractivity contribution in [1.82, 2.24) is 14.9 Å². The number of piperidine rings is 1. The number of hydrogen-bond acceptors (Lipinski definition) is 3. The van der Waals surface area contributed by atoms with Gasteiger partial charge in [-0.3, -0.25) is 14.9 Å². The van der Waals surface area contributed by atoms with Gasteiger partial charge in [0.15, 0.2) is 0 Å². The summed E-state index contributed by atoms with van der Waals surface area (Å²) in [4.78, 5) is 12.0. The predicted octanol–water partition coefficient (Wildman–Crippen LogP) is 5.94. The van der Waals surface area contributed by atoms with Crippen molar-refractivity contribution in [3.63, 3.8) is 0 Å². The first-order valence-electron chi connectivity index (χ1n) is 11.2. The number of likely N-dealkylation sites (tertiary alicyclic amines) is 1. The van der Waals surface area contributed by atoms with Crippen molar-refractivity contribution in [3.05, 3.63) is 98.6 Å². The molecule has 1 fully saturated rings. The van der Waals surface area contributed by atoms with Crippen LogP contribution in [0.2, 0.25) is 5.02 Å². The van der Waals surface area contributed by atoms with Crippen molar-refractivity contribution in [2.24, 2.45) is 0 Å². The molecule has 1 aromatic carbocycles. The van der Waals surface area contributed by atoms with E-state index in [0.29, 0.717) is 0 Å². The number of benzene rings is 1. The van der Waals surface area contributed by atoms with E-state index in [1.54, 1.807) is 0 Å². The molecule has 31 heavy (non-hydrogen) atoms. The third-order valence-corrected chi connectivity index (χ3v) is 6.90. The highest BCUT2D eigenvalue weighted by Gasteiger charge is 2.25. The Kier molecular flexibility index (Phi) is 5.64. The first kappa shape index (κ1) is 20.4. The first-order chi connectivity index (χ1) is 15.1. The van der Waals surface area contributed by atoms with Crippen LogP contribution in [0.25, 0.3) is 5.57 Å². The maximum absolute atomic E-state index is 6.35. The van der Waals surface area contributed by atoms with E-state index in [4.69, 9.17) is 16.6 Å². The molecule has 0 unspecified atom stereocenters. The molecule has 0 N–H and O–H groups in total. The van der Waals surface area contributed by atoms with E-state index in [1.165, 1.54) is 44.7 Å². The molecule has 0 saturated carbocycles. The predicted molar refractivity (Wildman–Crippen MR) is 127 cm³/mol. The van der Waals surface area contributed by atoms with Crippen molar-refractivity contribution >= 4 is 17.2 Å². The molecule has 2 aliphatic rings. The van der Waals surface area contributed by atoms with Gasteiger partial charge in [-0.05, 0) is 85.5 Å². The molecular weight excluding hydrogens is 402 g/mol. The zero-order valence-corrected chi connectivity index (χ0v) is 19.0. The standard InChI is InChI=1S/C27H28ClN3/c1-18-14-23(19(2)30-16-18)17-31-12-9-20(10-13-31)26-25-8-7-24(28)15-22(25)6-5-21-4-3-11-29-27(21)26/h3-4,7-8,11,14-16H,5-6,9-10,12-13,17H2,1-2H3.